The fourth-order valence-electron chi connectivity index (χ4n) is 8.17. The molecule has 0 aromatic rings. The van der Waals surface area contributed by atoms with Crippen molar-refractivity contribution in [3.8, 4) is 0 Å². The summed E-state index contributed by atoms with van der Waals surface area (Å²) < 4.78 is 23.6. The van der Waals surface area contributed by atoms with E-state index in [0.717, 1.165) is 38.5 Å². The first-order valence-electron chi connectivity index (χ1n) is 24.3. The molecule has 0 radical (unpaired) electrons. The van der Waals surface area contributed by atoms with E-state index >= 15 is 0 Å². The van der Waals surface area contributed by atoms with Crippen molar-refractivity contribution in [1.82, 2.24) is 10.6 Å². The molecular formula is C48H88N2O8. The van der Waals surface area contributed by atoms with Gasteiger partial charge in [0.05, 0.1) is 13.2 Å². The zero-order chi connectivity index (χ0) is 42.4. The number of rotatable bonds is 36. The molecule has 0 saturated carbocycles. The van der Waals surface area contributed by atoms with E-state index < -0.39 is 48.4 Å². The number of fused-ring (bicyclic) bond motifs is 1. The van der Waals surface area contributed by atoms with Crippen LogP contribution in [0.3, 0.4) is 0 Å². The third-order valence-corrected chi connectivity index (χ3v) is 12.0. The zero-order valence-electron chi connectivity index (χ0n) is 38.1. The van der Waals surface area contributed by atoms with Crippen LogP contribution in [0.15, 0.2) is 0 Å². The molecule has 2 fully saturated rings. The SMILES string of the molecule is CCCCCCCCCCCCCCCC(=O)NC(C(=O)O[C@H]1CO[C@H]2[C@@H]1OC[C@H]2OC(=O)C(NC(=O)CCCCCCCCCCCCCCC)C(C)C)C(C)C. The summed E-state index contributed by atoms with van der Waals surface area (Å²) in [5.41, 5.74) is 0. The van der Waals surface area contributed by atoms with Gasteiger partial charge < -0.3 is 29.6 Å². The maximum Gasteiger partial charge on any atom is 0.329 e. The molecule has 58 heavy (non-hydrogen) atoms. The molecule has 0 aliphatic carbocycles. The lowest BCUT2D eigenvalue weighted by Gasteiger charge is -2.24. The molecule has 2 heterocycles. The monoisotopic (exact) mass is 821 g/mol. The van der Waals surface area contributed by atoms with E-state index in [-0.39, 0.29) is 36.9 Å². The van der Waals surface area contributed by atoms with Crippen molar-refractivity contribution in [3.63, 3.8) is 0 Å². The highest BCUT2D eigenvalue weighted by atomic mass is 16.7. The first kappa shape index (κ1) is 51.9. The number of nitrogens with one attached hydrogen (secondary N) is 2. The minimum absolute atomic E-state index is 0.107. The van der Waals surface area contributed by atoms with Gasteiger partial charge in [-0.25, -0.2) is 9.59 Å². The van der Waals surface area contributed by atoms with Gasteiger partial charge >= 0.3 is 11.9 Å². The van der Waals surface area contributed by atoms with Gasteiger partial charge in [-0.15, -0.1) is 0 Å². The third kappa shape index (κ3) is 22.4. The Balaban J connectivity index is 1.64. The van der Waals surface area contributed by atoms with Crippen molar-refractivity contribution in [3.05, 3.63) is 0 Å². The van der Waals surface area contributed by atoms with Gasteiger partial charge in [0.15, 0.2) is 12.2 Å². The Labute approximate surface area is 354 Å². The molecule has 338 valence electrons. The van der Waals surface area contributed by atoms with Gasteiger partial charge in [-0.1, -0.05) is 196 Å². The van der Waals surface area contributed by atoms with Crippen LogP contribution in [0.5, 0.6) is 0 Å². The summed E-state index contributed by atoms with van der Waals surface area (Å²) in [6, 6.07) is -1.56. The van der Waals surface area contributed by atoms with Crippen LogP contribution in [-0.4, -0.2) is 73.5 Å². The Morgan fingerprint density at radius 2 is 0.707 bits per heavy atom. The van der Waals surface area contributed by atoms with Crippen LogP contribution in [0.4, 0.5) is 0 Å². The first-order chi connectivity index (χ1) is 28.1. The lowest BCUT2D eigenvalue weighted by atomic mass is 10.0. The van der Waals surface area contributed by atoms with E-state index in [1.165, 1.54) is 128 Å². The van der Waals surface area contributed by atoms with Gasteiger partial charge in [0.25, 0.3) is 0 Å². The van der Waals surface area contributed by atoms with Gasteiger partial charge in [0.1, 0.15) is 24.3 Å². The molecule has 0 aromatic carbocycles. The van der Waals surface area contributed by atoms with E-state index in [9.17, 15) is 19.2 Å². The molecule has 2 N–H and O–H groups in total. The quantitative estimate of drug-likeness (QED) is 0.0472. The maximum absolute atomic E-state index is 13.3. The Morgan fingerprint density at radius 1 is 0.448 bits per heavy atom. The van der Waals surface area contributed by atoms with Crippen molar-refractivity contribution in [2.75, 3.05) is 13.2 Å². The molecule has 10 heteroatoms. The lowest BCUT2D eigenvalue weighted by molar-refractivity contribution is -0.160. The van der Waals surface area contributed by atoms with Crippen molar-refractivity contribution in [2.24, 2.45) is 11.8 Å². The number of unbranched alkanes of at least 4 members (excludes halogenated alkanes) is 24. The summed E-state index contributed by atoms with van der Waals surface area (Å²) in [5.74, 6) is -1.63. The Bertz CT molecular complexity index is 1020. The number of hydrogen-bond acceptors (Lipinski definition) is 8. The van der Waals surface area contributed by atoms with Crippen LogP contribution in [0.25, 0.3) is 0 Å². The Morgan fingerprint density at radius 3 is 0.966 bits per heavy atom. The van der Waals surface area contributed by atoms with Gasteiger partial charge in [-0.2, -0.15) is 0 Å². The average Bonchev–Trinajstić information content (AvgIpc) is 3.78. The highest BCUT2D eigenvalue weighted by Gasteiger charge is 2.52. The summed E-state index contributed by atoms with van der Waals surface area (Å²) in [7, 11) is 0. The van der Waals surface area contributed by atoms with Crippen molar-refractivity contribution in [2.45, 2.75) is 258 Å². The molecule has 6 atom stereocenters. The molecule has 10 nitrogen and oxygen atoms in total. The number of amides is 2. The van der Waals surface area contributed by atoms with Crippen LogP contribution < -0.4 is 10.6 Å². The van der Waals surface area contributed by atoms with Crippen molar-refractivity contribution < 1.29 is 38.1 Å². The van der Waals surface area contributed by atoms with Gasteiger partial charge in [-0.3, -0.25) is 9.59 Å². The van der Waals surface area contributed by atoms with Crippen molar-refractivity contribution >= 4 is 23.8 Å². The van der Waals surface area contributed by atoms with Crippen LogP contribution >= 0.6 is 0 Å². The fraction of sp³-hybridized carbons (Fsp3) is 0.917. The predicted octanol–water partition coefficient (Wildman–Crippen LogP) is 10.9. The van der Waals surface area contributed by atoms with Gasteiger partial charge in [0, 0.05) is 12.8 Å². The largest absolute Gasteiger partial charge is 0.455 e. The van der Waals surface area contributed by atoms with E-state index in [1.807, 2.05) is 27.7 Å². The lowest BCUT2D eigenvalue weighted by Crippen LogP contribution is -2.48. The summed E-state index contributed by atoms with van der Waals surface area (Å²) in [4.78, 5) is 52.3. The number of ether oxygens (including phenoxy) is 4. The van der Waals surface area contributed by atoms with Crippen LogP contribution in [0, 0.1) is 11.8 Å². The summed E-state index contributed by atoms with van der Waals surface area (Å²) in [5, 5.41) is 5.81. The molecule has 0 bridgehead atoms. The number of esters is 2. The molecule has 2 rings (SSSR count). The number of carbonyl (C=O) groups excluding carboxylic acids is 4. The smallest absolute Gasteiger partial charge is 0.329 e. The molecule has 2 aliphatic rings. The minimum Gasteiger partial charge on any atom is -0.455 e. The average molecular weight is 821 g/mol. The van der Waals surface area contributed by atoms with E-state index in [4.69, 9.17) is 18.9 Å². The first-order valence-corrected chi connectivity index (χ1v) is 24.3. The summed E-state index contributed by atoms with van der Waals surface area (Å²) >= 11 is 0. The summed E-state index contributed by atoms with van der Waals surface area (Å²) in [6.07, 6.45) is 30.6. The molecule has 0 spiro atoms. The molecule has 0 aromatic heterocycles. The molecule has 2 aliphatic heterocycles. The van der Waals surface area contributed by atoms with Crippen molar-refractivity contribution in [1.29, 1.82) is 0 Å². The third-order valence-electron chi connectivity index (χ3n) is 12.0. The number of carbonyl (C=O) groups is 4. The fourth-order valence-corrected chi connectivity index (χ4v) is 8.17. The molecule has 2 saturated heterocycles. The van der Waals surface area contributed by atoms with Gasteiger partial charge in [0.2, 0.25) is 11.8 Å². The second kappa shape index (κ2) is 32.6. The standard InChI is InChI=1S/C48H88N2O8/c1-7-9-11-13-15-17-19-21-23-25-27-29-31-33-41(51)49-43(37(3)4)47(53)57-39-35-55-46-40(36-56-45(39)46)58-48(54)44(38(5)6)50-42(52)34-32-30-28-26-24-22-20-18-16-14-12-10-8-2/h37-40,43-46H,7-36H2,1-6H3,(H,49,51)(H,50,52)/t39-,40+,43?,44?,45-,46-/m1/s1. The number of hydrogen-bond donors (Lipinski definition) is 2. The maximum atomic E-state index is 13.3. The summed E-state index contributed by atoms with van der Waals surface area (Å²) in [6.45, 7) is 12.3. The van der Waals surface area contributed by atoms with Crippen LogP contribution in [0.1, 0.15) is 221 Å². The second-order valence-electron chi connectivity index (χ2n) is 18.1. The molecule has 2 amide bonds. The Hall–Kier alpha value is -2.20. The predicted molar refractivity (Wildman–Crippen MR) is 233 cm³/mol. The van der Waals surface area contributed by atoms with E-state index in [0.29, 0.717) is 12.8 Å². The minimum atomic E-state index is -0.779. The highest BCUT2D eigenvalue weighted by molar-refractivity contribution is 5.85. The normalized spacial score (nSPS) is 19.9. The highest BCUT2D eigenvalue weighted by Crippen LogP contribution is 2.31. The second-order valence-corrected chi connectivity index (χ2v) is 18.1. The molecule has 2 unspecified atom stereocenters. The van der Waals surface area contributed by atoms with Crippen LogP contribution in [0.2, 0.25) is 0 Å². The van der Waals surface area contributed by atoms with E-state index in [2.05, 4.69) is 24.5 Å². The van der Waals surface area contributed by atoms with Crippen LogP contribution in [-0.2, 0) is 38.1 Å². The zero-order valence-corrected chi connectivity index (χ0v) is 38.1. The van der Waals surface area contributed by atoms with Gasteiger partial charge in [-0.05, 0) is 24.7 Å². The topological polar surface area (TPSA) is 129 Å². The Kier molecular flexibility index (Phi) is 29.2. The molecular weight excluding hydrogens is 733 g/mol. The van der Waals surface area contributed by atoms with E-state index in [1.54, 1.807) is 0 Å².